The van der Waals surface area contributed by atoms with Gasteiger partial charge < -0.3 is 15.0 Å². The summed E-state index contributed by atoms with van der Waals surface area (Å²) >= 11 is 7.43. The van der Waals surface area contributed by atoms with Gasteiger partial charge in [0.1, 0.15) is 6.61 Å². The second-order valence-electron chi connectivity index (χ2n) is 4.87. The van der Waals surface area contributed by atoms with Crippen LogP contribution in [0.5, 0.6) is 0 Å². The highest BCUT2D eigenvalue weighted by Gasteiger charge is 2.18. The SMILES string of the molecule is CCN(Cc1ccc(Cl)s1)C(=O)COC1CCNCC1. The number of likely N-dealkylation sites (N-methyl/N-ethyl adjacent to an activating group) is 1. The quantitative estimate of drug-likeness (QED) is 0.877. The lowest BCUT2D eigenvalue weighted by molar-refractivity contribution is -0.139. The highest BCUT2D eigenvalue weighted by Crippen LogP contribution is 2.22. The van der Waals surface area contributed by atoms with Crippen molar-refractivity contribution in [1.29, 1.82) is 0 Å². The fourth-order valence-corrected chi connectivity index (χ4v) is 3.35. The molecule has 0 aromatic carbocycles. The van der Waals surface area contributed by atoms with Crippen molar-refractivity contribution in [3.8, 4) is 0 Å². The molecule has 0 unspecified atom stereocenters. The van der Waals surface area contributed by atoms with Crippen LogP contribution < -0.4 is 5.32 Å². The third-order valence-corrected chi connectivity index (χ3v) is 4.65. The van der Waals surface area contributed by atoms with Crippen molar-refractivity contribution < 1.29 is 9.53 Å². The first-order chi connectivity index (χ1) is 9.69. The smallest absolute Gasteiger partial charge is 0.248 e. The van der Waals surface area contributed by atoms with Gasteiger partial charge in [0.15, 0.2) is 0 Å². The molecule has 1 fully saturated rings. The van der Waals surface area contributed by atoms with Gasteiger partial charge in [0.25, 0.3) is 0 Å². The molecule has 2 heterocycles. The van der Waals surface area contributed by atoms with Crippen LogP contribution in [0.1, 0.15) is 24.6 Å². The molecule has 1 aromatic heterocycles. The second kappa shape index (κ2) is 7.98. The molecule has 1 aliphatic rings. The average molecular weight is 317 g/mol. The number of amides is 1. The molecule has 20 heavy (non-hydrogen) atoms. The molecule has 0 bridgehead atoms. The highest BCUT2D eigenvalue weighted by atomic mass is 35.5. The van der Waals surface area contributed by atoms with E-state index in [0.717, 1.165) is 35.1 Å². The Labute approximate surface area is 129 Å². The zero-order valence-electron chi connectivity index (χ0n) is 11.7. The zero-order chi connectivity index (χ0) is 14.4. The van der Waals surface area contributed by atoms with Crippen LogP contribution in [0.4, 0.5) is 0 Å². The van der Waals surface area contributed by atoms with Gasteiger partial charge in [0.2, 0.25) is 5.91 Å². The molecule has 6 heteroatoms. The molecule has 4 nitrogen and oxygen atoms in total. The number of piperidine rings is 1. The number of nitrogens with zero attached hydrogens (tertiary/aromatic N) is 1. The number of thiophene rings is 1. The molecule has 0 atom stereocenters. The summed E-state index contributed by atoms with van der Waals surface area (Å²) in [6, 6.07) is 3.84. The summed E-state index contributed by atoms with van der Waals surface area (Å²) in [6.45, 7) is 5.41. The number of nitrogens with one attached hydrogen (secondary N) is 1. The Bertz CT molecular complexity index is 433. The van der Waals surface area contributed by atoms with Gasteiger partial charge >= 0.3 is 0 Å². The van der Waals surface area contributed by atoms with Gasteiger partial charge in [-0.2, -0.15) is 0 Å². The van der Waals surface area contributed by atoms with E-state index < -0.39 is 0 Å². The first kappa shape index (κ1) is 15.8. The number of rotatable bonds is 6. The number of carbonyl (C=O) groups is 1. The summed E-state index contributed by atoms with van der Waals surface area (Å²) < 4.78 is 6.48. The molecule has 1 N–H and O–H groups in total. The fraction of sp³-hybridized carbons (Fsp3) is 0.643. The Morgan fingerprint density at radius 1 is 1.50 bits per heavy atom. The lowest BCUT2D eigenvalue weighted by Gasteiger charge is -2.25. The minimum Gasteiger partial charge on any atom is -0.368 e. The van der Waals surface area contributed by atoms with E-state index in [1.165, 1.54) is 11.3 Å². The first-order valence-electron chi connectivity index (χ1n) is 7.03. The minimum absolute atomic E-state index is 0.0514. The summed E-state index contributed by atoms with van der Waals surface area (Å²) in [6.07, 6.45) is 2.19. The van der Waals surface area contributed by atoms with E-state index in [2.05, 4.69) is 5.32 Å². The predicted molar refractivity (Wildman–Crippen MR) is 82.3 cm³/mol. The highest BCUT2D eigenvalue weighted by molar-refractivity contribution is 7.16. The maximum absolute atomic E-state index is 12.2. The molecule has 1 aliphatic heterocycles. The van der Waals surface area contributed by atoms with E-state index in [9.17, 15) is 4.79 Å². The van der Waals surface area contributed by atoms with E-state index in [1.54, 1.807) is 0 Å². The first-order valence-corrected chi connectivity index (χ1v) is 8.22. The third-order valence-electron chi connectivity index (χ3n) is 3.44. The average Bonchev–Trinajstić information content (AvgIpc) is 2.88. The van der Waals surface area contributed by atoms with E-state index in [1.807, 2.05) is 24.0 Å². The Kier molecular flexibility index (Phi) is 6.29. The van der Waals surface area contributed by atoms with Crippen LogP contribution in [0.2, 0.25) is 4.34 Å². The van der Waals surface area contributed by atoms with Gasteiger partial charge in [-0.3, -0.25) is 4.79 Å². The fourth-order valence-electron chi connectivity index (χ4n) is 2.24. The van der Waals surface area contributed by atoms with Crippen LogP contribution >= 0.6 is 22.9 Å². The topological polar surface area (TPSA) is 41.6 Å². The van der Waals surface area contributed by atoms with Crippen LogP contribution in [0, 0.1) is 0 Å². The van der Waals surface area contributed by atoms with Gasteiger partial charge in [-0.15, -0.1) is 11.3 Å². The Morgan fingerprint density at radius 2 is 2.25 bits per heavy atom. The Balaban J connectivity index is 1.79. The predicted octanol–water partition coefficient (Wildman–Crippen LogP) is 2.52. The molecular formula is C14H21ClN2O2S. The number of carbonyl (C=O) groups excluding carboxylic acids is 1. The van der Waals surface area contributed by atoms with E-state index in [4.69, 9.17) is 16.3 Å². The largest absolute Gasteiger partial charge is 0.368 e. The van der Waals surface area contributed by atoms with Crippen molar-refractivity contribution in [1.82, 2.24) is 10.2 Å². The van der Waals surface area contributed by atoms with E-state index in [0.29, 0.717) is 13.1 Å². The Hall–Kier alpha value is -0.620. The second-order valence-corrected chi connectivity index (χ2v) is 6.67. The minimum atomic E-state index is 0.0514. The number of hydrogen-bond acceptors (Lipinski definition) is 4. The number of halogens is 1. The van der Waals surface area contributed by atoms with Crippen LogP contribution in [-0.4, -0.2) is 43.2 Å². The lowest BCUT2D eigenvalue weighted by Crippen LogP contribution is -2.37. The van der Waals surface area contributed by atoms with Gasteiger partial charge in [0, 0.05) is 11.4 Å². The van der Waals surface area contributed by atoms with Gasteiger partial charge in [0.05, 0.1) is 17.0 Å². The van der Waals surface area contributed by atoms with Crippen molar-refractivity contribution in [3.05, 3.63) is 21.3 Å². The van der Waals surface area contributed by atoms with Crippen molar-refractivity contribution in [2.75, 3.05) is 26.2 Å². The van der Waals surface area contributed by atoms with Crippen LogP contribution in [0.3, 0.4) is 0 Å². The standard InChI is InChI=1S/C14H21ClN2O2S/c1-2-17(9-12-3-4-13(15)20-12)14(18)10-19-11-5-7-16-8-6-11/h3-4,11,16H,2,5-10H2,1H3. The molecule has 2 rings (SSSR count). The molecular weight excluding hydrogens is 296 g/mol. The van der Waals surface area contributed by atoms with Crippen LogP contribution in [0.25, 0.3) is 0 Å². The molecule has 0 saturated carbocycles. The number of ether oxygens (including phenoxy) is 1. The van der Waals surface area contributed by atoms with Crippen LogP contribution in [-0.2, 0) is 16.1 Å². The van der Waals surface area contributed by atoms with E-state index in [-0.39, 0.29) is 18.6 Å². The summed E-state index contributed by atoms with van der Waals surface area (Å²) in [7, 11) is 0. The monoisotopic (exact) mass is 316 g/mol. The summed E-state index contributed by atoms with van der Waals surface area (Å²) in [5.41, 5.74) is 0. The maximum atomic E-state index is 12.2. The van der Waals surface area contributed by atoms with Crippen molar-refractivity contribution in [2.45, 2.75) is 32.4 Å². The zero-order valence-corrected chi connectivity index (χ0v) is 13.3. The molecule has 1 amide bonds. The summed E-state index contributed by atoms with van der Waals surface area (Å²) in [5, 5.41) is 3.28. The van der Waals surface area contributed by atoms with Gasteiger partial charge in [-0.25, -0.2) is 0 Å². The number of hydrogen-bond donors (Lipinski definition) is 1. The lowest BCUT2D eigenvalue weighted by atomic mass is 10.1. The van der Waals surface area contributed by atoms with Crippen molar-refractivity contribution >= 4 is 28.8 Å². The molecule has 112 valence electrons. The van der Waals surface area contributed by atoms with Crippen molar-refractivity contribution in [2.24, 2.45) is 0 Å². The summed E-state index contributed by atoms with van der Waals surface area (Å²) in [4.78, 5) is 15.1. The summed E-state index contributed by atoms with van der Waals surface area (Å²) in [5.74, 6) is 0.0514. The van der Waals surface area contributed by atoms with E-state index >= 15 is 0 Å². The maximum Gasteiger partial charge on any atom is 0.248 e. The Morgan fingerprint density at radius 3 is 2.85 bits per heavy atom. The molecule has 1 aromatic rings. The van der Waals surface area contributed by atoms with Gasteiger partial charge in [-0.05, 0) is 45.0 Å². The van der Waals surface area contributed by atoms with Crippen molar-refractivity contribution in [3.63, 3.8) is 0 Å². The third kappa shape index (κ3) is 4.74. The molecule has 0 radical (unpaired) electrons. The van der Waals surface area contributed by atoms with Gasteiger partial charge in [-0.1, -0.05) is 11.6 Å². The molecule has 0 spiro atoms. The molecule has 1 saturated heterocycles. The molecule has 0 aliphatic carbocycles. The normalized spacial score (nSPS) is 16.3. The van der Waals surface area contributed by atoms with Crippen LogP contribution in [0.15, 0.2) is 12.1 Å².